The third kappa shape index (κ3) is 4.84. The maximum atomic E-state index is 12.1. The first-order valence-corrected chi connectivity index (χ1v) is 8.47. The highest BCUT2D eigenvalue weighted by Gasteiger charge is 2.25. The van der Waals surface area contributed by atoms with Crippen LogP contribution in [0, 0.1) is 5.92 Å². The van der Waals surface area contributed by atoms with Crippen LogP contribution in [0.15, 0.2) is 35.2 Å². The molecule has 1 aliphatic rings. The Kier molecular flexibility index (Phi) is 6.40. The molecule has 1 amide bonds. The van der Waals surface area contributed by atoms with Gasteiger partial charge in [0.05, 0.1) is 6.04 Å². The van der Waals surface area contributed by atoms with Crippen molar-refractivity contribution >= 4 is 17.7 Å². The molecular formula is C16H24N2OS. The minimum Gasteiger partial charge on any atom is -0.354 e. The third-order valence-corrected chi connectivity index (χ3v) is 4.83. The zero-order valence-electron chi connectivity index (χ0n) is 12.1. The fourth-order valence-electron chi connectivity index (χ4n) is 2.55. The lowest BCUT2D eigenvalue weighted by atomic mass is 9.90. The zero-order valence-corrected chi connectivity index (χ0v) is 12.9. The van der Waals surface area contributed by atoms with Gasteiger partial charge in [0.15, 0.2) is 0 Å². The van der Waals surface area contributed by atoms with Crippen LogP contribution in [-0.4, -0.2) is 30.8 Å². The summed E-state index contributed by atoms with van der Waals surface area (Å²) in [4.78, 5) is 13.3. The van der Waals surface area contributed by atoms with Gasteiger partial charge in [0, 0.05) is 17.2 Å². The number of piperidine rings is 1. The number of carbonyl (C=O) groups is 1. The summed E-state index contributed by atoms with van der Waals surface area (Å²) in [7, 11) is 0. The van der Waals surface area contributed by atoms with Crippen molar-refractivity contribution in [3.63, 3.8) is 0 Å². The number of hydrogen-bond donors (Lipinski definition) is 2. The Bertz CT molecular complexity index is 410. The number of rotatable bonds is 6. The second kappa shape index (κ2) is 8.32. The summed E-state index contributed by atoms with van der Waals surface area (Å²) in [6.07, 6.45) is 3.35. The fourth-order valence-corrected chi connectivity index (χ4v) is 3.34. The molecule has 1 aromatic carbocycles. The molecule has 2 atom stereocenters. The molecule has 1 saturated heterocycles. The van der Waals surface area contributed by atoms with Gasteiger partial charge in [0.2, 0.25) is 5.91 Å². The van der Waals surface area contributed by atoms with Crippen LogP contribution in [0.25, 0.3) is 0 Å². The van der Waals surface area contributed by atoms with Crippen molar-refractivity contribution in [2.45, 2.75) is 37.1 Å². The van der Waals surface area contributed by atoms with E-state index < -0.39 is 0 Å². The molecule has 0 saturated carbocycles. The third-order valence-electron chi connectivity index (χ3n) is 3.82. The molecule has 0 spiro atoms. The van der Waals surface area contributed by atoms with E-state index in [0.717, 1.165) is 25.3 Å². The fraction of sp³-hybridized carbons (Fsp3) is 0.562. The number of carbonyl (C=O) groups excluding carboxylic acids is 1. The van der Waals surface area contributed by atoms with Gasteiger partial charge in [-0.05, 0) is 37.4 Å². The molecule has 110 valence electrons. The zero-order chi connectivity index (χ0) is 14.2. The molecule has 0 bridgehead atoms. The first-order chi connectivity index (χ1) is 9.79. The highest BCUT2D eigenvalue weighted by molar-refractivity contribution is 7.99. The van der Waals surface area contributed by atoms with Crippen LogP contribution in [0.5, 0.6) is 0 Å². The quantitative estimate of drug-likeness (QED) is 0.625. The smallest absolute Gasteiger partial charge is 0.237 e. The first-order valence-electron chi connectivity index (χ1n) is 7.48. The number of amides is 1. The minimum absolute atomic E-state index is 0.00965. The van der Waals surface area contributed by atoms with Crippen molar-refractivity contribution in [1.82, 2.24) is 10.6 Å². The van der Waals surface area contributed by atoms with E-state index in [2.05, 4.69) is 29.7 Å². The summed E-state index contributed by atoms with van der Waals surface area (Å²) < 4.78 is 0. The summed E-state index contributed by atoms with van der Waals surface area (Å²) in [6.45, 7) is 3.91. The van der Waals surface area contributed by atoms with Crippen LogP contribution in [0.3, 0.4) is 0 Å². The second-order valence-electron chi connectivity index (χ2n) is 5.26. The number of benzene rings is 1. The van der Waals surface area contributed by atoms with Crippen molar-refractivity contribution in [3.05, 3.63) is 30.3 Å². The summed E-state index contributed by atoms with van der Waals surface area (Å²) in [5.74, 6) is 1.78. The summed E-state index contributed by atoms with van der Waals surface area (Å²) in [5.41, 5.74) is 0. The molecule has 0 aromatic heterocycles. The lowest BCUT2D eigenvalue weighted by molar-refractivity contribution is -0.123. The van der Waals surface area contributed by atoms with Crippen LogP contribution >= 0.6 is 11.8 Å². The molecule has 2 unspecified atom stereocenters. The van der Waals surface area contributed by atoms with E-state index in [1.54, 1.807) is 11.8 Å². The van der Waals surface area contributed by atoms with Gasteiger partial charge in [-0.2, -0.15) is 0 Å². The van der Waals surface area contributed by atoms with E-state index in [1.165, 1.54) is 17.7 Å². The molecule has 1 aromatic rings. The molecule has 0 aliphatic carbocycles. The van der Waals surface area contributed by atoms with E-state index in [-0.39, 0.29) is 11.9 Å². The Hall–Kier alpha value is -1.00. The average molecular weight is 292 g/mol. The molecule has 0 radical (unpaired) electrons. The summed E-state index contributed by atoms with van der Waals surface area (Å²) >= 11 is 1.78. The molecule has 4 heteroatoms. The molecule has 1 aliphatic heterocycles. The van der Waals surface area contributed by atoms with Crippen molar-refractivity contribution < 1.29 is 4.79 Å². The number of nitrogens with one attached hydrogen (secondary N) is 2. The normalized spacial score (nSPS) is 22.4. The minimum atomic E-state index is 0.00965. The Morgan fingerprint density at radius 2 is 2.20 bits per heavy atom. The topological polar surface area (TPSA) is 41.1 Å². The Balaban J connectivity index is 1.65. The largest absolute Gasteiger partial charge is 0.354 e. The average Bonchev–Trinajstić information content (AvgIpc) is 2.52. The Morgan fingerprint density at radius 1 is 1.40 bits per heavy atom. The SMILES string of the molecule is CCC1CCNC(C(=O)NCCSc2ccccc2)C1. The highest BCUT2D eigenvalue weighted by atomic mass is 32.2. The molecule has 2 N–H and O–H groups in total. The van der Waals surface area contributed by atoms with E-state index in [1.807, 2.05) is 18.2 Å². The van der Waals surface area contributed by atoms with Crippen molar-refractivity contribution in [3.8, 4) is 0 Å². The van der Waals surface area contributed by atoms with Gasteiger partial charge in [-0.1, -0.05) is 31.5 Å². The van der Waals surface area contributed by atoms with Crippen LogP contribution in [-0.2, 0) is 4.79 Å². The molecule has 2 rings (SSSR count). The Labute approximate surface area is 125 Å². The second-order valence-corrected chi connectivity index (χ2v) is 6.43. The maximum absolute atomic E-state index is 12.1. The van der Waals surface area contributed by atoms with Crippen LogP contribution in [0.4, 0.5) is 0 Å². The molecule has 1 heterocycles. The highest BCUT2D eigenvalue weighted by Crippen LogP contribution is 2.19. The lowest BCUT2D eigenvalue weighted by Crippen LogP contribution is -2.49. The molecule has 3 nitrogen and oxygen atoms in total. The first kappa shape index (κ1) is 15.4. The summed E-state index contributed by atoms with van der Waals surface area (Å²) in [6, 6.07) is 10.3. The van der Waals surface area contributed by atoms with E-state index >= 15 is 0 Å². The number of thioether (sulfide) groups is 1. The predicted octanol–water partition coefficient (Wildman–Crippen LogP) is 2.67. The predicted molar refractivity (Wildman–Crippen MR) is 85.0 cm³/mol. The van der Waals surface area contributed by atoms with Gasteiger partial charge in [0.1, 0.15) is 0 Å². The van der Waals surface area contributed by atoms with E-state index in [0.29, 0.717) is 5.92 Å². The standard InChI is InChI=1S/C16H24N2OS/c1-2-13-8-9-17-15(12-13)16(19)18-10-11-20-14-6-4-3-5-7-14/h3-7,13,15,17H,2,8-12H2,1H3,(H,18,19). The van der Waals surface area contributed by atoms with Gasteiger partial charge in [0.25, 0.3) is 0 Å². The molecule has 20 heavy (non-hydrogen) atoms. The maximum Gasteiger partial charge on any atom is 0.237 e. The monoisotopic (exact) mass is 292 g/mol. The van der Waals surface area contributed by atoms with E-state index in [9.17, 15) is 4.79 Å². The van der Waals surface area contributed by atoms with Crippen molar-refractivity contribution in [2.75, 3.05) is 18.8 Å². The molecular weight excluding hydrogens is 268 g/mol. The van der Waals surface area contributed by atoms with Gasteiger partial charge >= 0.3 is 0 Å². The van der Waals surface area contributed by atoms with Gasteiger partial charge < -0.3 is 10.6 Å². The van der Waals surface area contributed by atoms with Crippen molar-refractivity contribution in [1.29, 1.82) is 0 Å². The van der Waals surface area contributed by atoms with Crippen LogP contribution < -0.4 is 10.6 Å². The van der Waals surface area contributed by atoms with Gasteiger partial charge in [-0.15, -0.1) is 11.8 Å². The van der Waals surface area contributed by atoms with E-state index in [4.69, 9.17) is 0 Å². The van der Waals surface area contributed by atoms with Gasteiger partial charge in [-0.3, -0.25) is 4.79 Å². The van der Waals surface area contributed by atoms with Crippen LogP contribution in [0.2, 0.25) is 0 Å². The van der Waals surface area contributed by atoms with Crippen LogP contribution in [0.1, 0.15) is 26.2 Å². The number of hydrogen-bond acceptors (Lipinski definition) is 3. The Morgan fingerprint density at radius 3 is 2.95 bits per heavy atom. The van der Waals surface area contributed by atoms with Crippen molar-refractivity contribution in [2.24, 2.45) is 5.92 Å². The lowest BCUT2D eigenvalue weighted by Gasteiger charge is -2.28. The van der Waals surface area contributed by atoms with Gasteiger partial charge in [-0.25, -0.2) is 0 Å². The summed E-state index contributed by atoms with van der Waals surface area (Å²) in [5, 5.41) is 6.37. The molecule has 1 fully saturated rings.